The Morgan fingerprint density at radius 2 is 1.82 bits per heavy atom. The molecule has 2 aromatic heterocycles. The highest BCUT2D eigenvalue weighted by molar-refractivity contribution is 6.62. The lowest BCUT2D eigenvalue weighted by Gasteiger charge is -2.32. The van der Waals surface area contributed by atoms with Crippen LogP contribution >= 0.6 is 0 Å². The Hall–Kier alpha value is -1.90. The monoisotopic (exact) mass is 467 g/mol. The van der Waals surface area contributed by atoms with Crippen molar-refractivity contribution in [2.24, 2.45) is 5.92 Å². The molecule has 2 fully saturated rings. The molecule has 2 aliphatic carbocycles. The molecule has 5 rings (SSSR count). The fourth-order valence-corrected chi connectivity index (χ4v) is 5.52. The third kappa shape index (κ3) is 4.18. The lowest BCUT2D eigenvalue weighted by Crippen LogP contribution is -2.41. The van der Waals surface area contributed by atoms with Crippen LogP contribution in [0.4, 0.5) is 0 Å². The largest absolute Gasteiger partial charge is 0.496 e. The molecule has 0 unspecified atom stereocenters. The lowest BCUT2D eigenvalue weighted by atomic mass is 9.80. The maximum atomic E-state index is 13.8. The van der Waals surface area contributed by atoms with E-state index >= 15 is 0 Å². The van der Waals surface area contributed by atoms with Gasteiger partial charge in [-0.05, 0) is 91.0 Å². The molecule has 1 saturated carbocycles. The third-order valence-corrected chi connectivity index (χ3v) is 8.44. The van der Waals surface area contributed by atoms with E-state index in [0.29, 0.717) is 18.6 Å². The van der Waals surface area contributed by atoms with E-state index in [1.54, 1.807) is 7.11 Å². The molecule has 3 heterocycles. The number of ether oxygens (including phenoxy) is 1. The highest BCUT2D eigenvalue weighted by Crippen LogP contribution is 2.36. The number of nitrogens with zero attached hydrogens (tertiary/aromatic N) is 3. The van der Waals surface area contributed by atoms with E-state index < -0.39 is 18.3 Å². The van der Waals surface area contributed by atoms with Gasteiger partial charge in [-0.1, -0.05) is 6.08 Å². The van der Waals surface area contributed by atoms with Crippen molar-refractivity contribution in [3.63, 3.8) is 0 Å². The summed E-state index contributed by atoms with van der Waals surface area (Å²) in [5, 5.41) is 0. The van der Waals surface area contributed by atoms with Crippen molar-refractivity contribution >= 4 is 29.4 Å². The second kappa shape index (κ2) is 8.96. The Bertz CT molecular complexity index is 1120. The summed E-state index contributed by atoms with van der Waals surface area (Å²) in [5.74, 6) is 0.462. The van der Waals surface area contributed by atoms with E-state index in [1.807, 2.05) is 15.3 Å². The van der Waals surface area contributed by atoms with Crippen LogP contribution in [0, 0.1) is 5.92 Å². The molecule has 0 aromatic carbocycles. The van der Waals surface area contributed by atoms with Crippen LogP contribution in [-0.4, -0.2) is 45.7 Å². The van der Waals surface area contributed by atoms with Gasteiger partial charge in [-0.2, -0.15) is 0 Å². The van der Waals surface area contributed by atoms with Crippen molar-refractivity contribution in [1.82, 2.24) is 14.1 Å². The van der Waals surface area contributed by atoms with Gasteiger partial charge in [0.1, 0.15) is 0 Å². The fourth-order valence-electron chi connectivity index (χ4n) is 5.52. The summed E-state index contributed by atoms with van der Waals surface area (Å²) < 4.78 is 21.9. The molecule has 0 N–H and O–H groups in total. The molecular formula is C26H38BN3O4. The standard InChI is InChI=1S/C26H38BN3O4/c1-25(2)26(3,4)34-27(33-25)19-15-22-23(28-16-19)30(20-9-7-6-8-10-20)24(31)29(22)17-18-11-13-21(32-5)14-12-18/h9,15-16,18,21H,6-8,10-14,17H2,1-5H3/t18-,21+. The zero-order valence-electron chi connectivity index (χ0n) is 21.3. The predicted octanol–water partition coefficient (Wildman–Crippen LogP) is 4.12. The molecule has 1 aliphatic heterocycles. The van der Waals surface area contributed by atoms with Gasteiger partial charge in [-0.15, -0.1) is 0 Å². The summed E-state index contributed by atoms with van der Waals surface area (Å²) >= 11 is 0. The van der Waals surface area contributed by atoms with Crippen molar-refractivity contribution in [3.8, 4) is 0 Å². The van der Waals surface area contributed by atoms with E-state index in [-0.39, 0.29) is 5.69 Å². The molecule has 34 heavy (non-hydrogen) atoms. The number of hydrogen-bond acceptors (Lipinski definition) is 5. The van der Waals surface area contributed by atoms with Gasteiger partial charge in [0, 0.05) is 31.0 Å². The Morgan fingerprint density at radius 1 is 1.12 bits per heavy atom. The number of imidazole rings is 1. The van der Waals surface area contributed by atoms with Gasteiger partial charge in [-0.3, -0.25) is 4.57 Å². The summed E-state index contributed by atoms with van der Waals surface area (Å²) in [4.78, 5) is 18.6. The summed E-state index contributed by atoms with van der Waals surface area (Å²) in [7, 11) is 1.30. The van der Waals surface area contributed by atoms with Gasteiger partial charge in [-0.25, -0.2) is 14.3 Å². The smallest absolute Gasteiger partial charge is 0.399 e. The van der Waals surface area contributed by atoms with Crippen LogP contribution in [0.25, 0.3) is 16.9 Å². The maximum Gasteiger partial charge on any atom is 0.496 e. The van der Waals surface area contributed by atoms with Crippen LogP contribution in [0.15, 0.2) is 23.1 Å². The minimum atomic E-state index is -0.500. The van der Waals surface area contributed by atoms with Crippen molar-refractivity contribution < 1.29 is 14.0 Å². The molecular weight excluding hydrogens is 429 g/mol. The summed E-state index contributed by atoms with van der Waals surface area (Å²) in [5.41, 5.74) is 2.73. The zero-order valence-corrected chi connectivity index (χ0v) is 21.3. The van der Waals surface area contributed by atoms with E-state index in [4.69, 9.17) is 19.0 Å². The number of rotatable bonds is 5. The van der Waals surface area contributed by atoms with E-state index in [1.165, 1.54) is 6.42 Å². The Labute approximate surface area is 202 Å². The Kier molecular flexibility index (Phi) is 6.28. The van der Waals surface area contributed by atoms with Gasteiger partial charge in [0.2, 0.25) is 0 Å². The van der Waals surface area contributed by atoms with E-state index in [2.05, 4.69) is 39.8 Å². The Balaban J connectivity index is 1.55. The van der Waals surface area contributed by atoms with Crippen molar-refractivity contribution in [2.45, 2.75) is 103 Å². The molecule has 2 aromatic rings. The molecule has 0 radical (unpaired) electrons. The lowest BCUT2D eigenvalue weighted by molar-refractivity contribution is 0.00578. The fraction of sp³-hybridized carbons (Fsp3) is 0.692. The molecule has 3 aliphatic rings. The van der Waals surface area contributed by atoms with Gasteiger partial charge in [0.15, 0.2) is 5.65 Å². The topological polar surface area (TPSA) is 67.5 Å². The molecule has 184 valence electrons. The third-order valence-electron chi connectivity index (χ3n) is 8.44. The molecule has 0 atom stereocenters. The Morgan fingerprint density at radius 3 is 2.44 bits per heavy atom. The molecule has 7 nitrogen and oxygen atoms in total. The minimum absolute atomic E-state index is 0.0237. The molecule has 0 bridgehead atoms. The SMILES string of the molecule is CO[C@H]1CC[C@@H](Cn2c(=O)n(C3=CCCCC3)c3ncc(B4OC(C)(C)C(C)(C)O4)cc32)CC1. The van der Waals surface area contributed by atoms with Crippen molar-refractivity contribution in [1.29, 1.82) is 0 Å². The number of hydrogen-bond donors (Lipinski definition) is 0. The molecule has 0 amide bonds. The first-order chi connectivity index (χ1) is 16.2. The first-order valence-corrected chi connectivity index (χ1v) is 12.9. The van der Waals surface area contributed by atoms with Gasteiger partial charge >= 0.3 is 12.8 Å². The van der Waals surface area contributed by atoms with E-state index in [9.17, 15) is 4.79 Å². The molecule has 8 heteroatoms. The van der Waals surface area contributed by atoms with Crippen LogP contribution in [0.1, 0.15) is 79.1 Å². The van der Waals surface area contributed by atoms with Crippen LogP contribution in [0.2, 0.25) is 0 Å². The van der Waals surface area contributed by atoms with Crippen LogP contribution < -0.4 is 11.2 Å². The van der Waals surface area contributed by atoms with Gasteiger partial charge < -0.3 is 14.0 Å². The van der Waals surface area contributed by atoms with Gasteiger partial charge in [0.05, 0.1) is 22.8 Å². The summed E-state index contributed by atoms with van der Waals surface area (Å²) in [6.45, 7) is 8.92. The number of fused-ring (bicyclic) bond motifs is 1. The normalized spacial score (nSPS) is 26.7. The van der Waals surface area contributed by atoms with Crippen molar-refractivity contribution in [2.75, 3.05) is 7.11 Å². The second-order valence-corrected chi connectivity index (χ2v) is 11.2. The number of methoxy groups -OCH3 is 1. The minimum Gasteiger partial charge on any atom is -0.399 e. The quantitative estimate of drug-likeness (QED) is 0.619. The van der Waals surface area contributed by atoms with Crippen LogP contribution in [0.5, 0.6) is 0 Å². The molecule has 1 saturated heterocycles. The average molecular weight is 467 g/mol. The zero-order chi connectivity index (χ0) is 24.1. The van der Waals surface area contributed by atoms with Crippen LogP contribution in [0.3, 0.4) is 0 Å². The van der Waals surface area contributed by atoms with E-state index in [0.717, 1.165) is 67.3 Å². The number of aromatic nitrogens is 3. The van der Waals surface area contributed by atoms with Gasteiger partial charge in [0.25, 0.3) is 0 Å². The predicted molar refractivity (Wildman–Crippen MR) is 135 cm³/mol. The molecule has 0 spiro atoms. The highest BCUT2D eigenvalue weighted by Gasteiger charge is 2.52. The van der Waals surface area contributed by atoms with Crippen LogP contribution in [-0.2, 0) is 20.6 Å². The second-order valence-electron chi connectivity index (χ2n) is 11.2. The average Bonchev–Trinajstić information content (AvgIpc) is 3.22. The number of pyridine rings is 1. The number of allylic oxidation sites excluding steroid dienone is 2. The first-order valence-electron chi connectivity index (χ1n) is 12.9. The van der Waals surface area contributed by atoms with Crippen molar-refractivity contribution in [3.05, 3.63) is 28.8 Å². The summed E-state index contributed by atoms with van der Waals surface area (Å²) in [6.07, 6.45) is 12.8. The first kappa shape index (κ1) is 23.8. The summed E-state index contributed by atoms with van der Waals surface area (Å²) in [6, 6.07) is 2.06. The maximum absolute atomic E-state index is 13.8. The highest BCUT2D eigenvalue weighted by atomic mass is 16.7.